The highest BCUT2D eigenvalue weighted by molar-refractivity contribution is 6.37. The molecule has 0 unspecified atom stereocenters. The molecule has 1 aliphatic heterocycles. The fraction of sp³-hybridized carbons (Fsp3) is 0.389. The van der Waals surface area contributed by atoms with Crippen molar-refractivity contribution in [3.63, 3.8) is 0 Å². The lowest BCUT2D eigenvalue weighted by Crippen LogP contribution is -2.34. The van der Waals surface area contributed by atoms with Crippen molar-refractivity contribution in [3.8, 4) is 6.07 Å². The van der Waals surface area contributed by atoms with E-state index in [9.17, 15) is 14.9 Å². The van der Waals surface area contributed by atoms with Gasteiger partial charge in [-0.05, 0) is 19.9 Å². The molecule has 0 aliphatic carbocycles. The normalized spacial score (nSPS) is 16.6. The third-order valence-corrected chi connectivity index (χ3v) is 3.65. The lowest BCUT2D eigenvalue weighted by molar-refractivity contribution is -0.122. The molecule has 114 valence electrons. The van der Waals surface area contributed by atoms with E-state index in [2.05, 4.69) is 0 Å². The Morgan fingerprint density at radius 2 is 1.82 bits per heavy atom. The number of ketones is 1. The molecule has 0 spiro atoms. The van der Waals surface area contributed by atoms with Gasteiger partial charge in [0, 0.05) is 17.0 Å². The van der Waals surface area contributed by atoms with Gasteiger partial charge in [0.15, 0.2) is 5.78 Å². The molecule has 4 heteroatoms. The first-order valence-corrected chi connectivity index (χ1v) is 7.32. The van der Waals surface area contributed by atoms with E-state index in [-0.39, 0.29) is 28.9 Å². The number of Topliss-reactive ketones (excluding diaryl/α,β-unsaturated/α-hetero) is 1. The zero-order valence-electron chi connectivity index (χ0n) is 13.6. The first kappa shape index (κ1) is 16.0. The summed E-state index contributed by atoms with van der Waals surface area (Å²) >= 11 is 0. The maximum Gasteiger partial charge on any atom is 0.260 e. The number of nitriles is 1. The van der Waals surface area contributed by atoms with Crippen molar-refractivity contribution in [1.82, 2.24) is 0 Å². The fourth-order valence-corrected chi connectivity index (χ4v) is 2.59. The van der Waals surface area contributed by atoms with Gasteiger partial charge < -0.3 is 4.90 Å². The van der Waals surface area contributed by atoms with Crippen LogP contribution < -0.4 is 4.90 Å². The number of hydrogen-bond acceptors (Lipinski definition) is 3. The van der Waals surface area contributed by atoms with Crippen LogP contribution in [0, 0.1) is 16.7 Å². The zero-order valence-corrected chi connectivity index (χ0v) is 13.6. The van der Waals surface area contributed by atoms with E-state index in [4.69, 9.17) is 0 Å². The number of hydrogen-bond donors (Lipinski definition) is 0. The van der Waals surface area contributed by atoms with E-state index in [1.54, 1.807) is 31.7 Å². The van der Waals surface area contributed by atoms with Crippen LogP contribution in [0.2, 0.25) is 0 Å². The maximum absolute atomic E-state index is 12.8. The molecule has 0 aromatic heterocycles. The van der Waals surface area contributed by atoms with Crippen molar-refractivity contribution in [2.75, 3.05) is 4.90 Å². The molecule has 1 aromatic carbocycles. The van der Waals surface area contributed by atoms with Gasteiger partial charge in [0.1, 0.15) is 11.6 Å². The molecule has 22 heavy (non-hydrogen) atoms. The standard InChI is InChI=1S/C18H20N2O2/c1-11(2)20-14-9-7-6-8-12(14)15(17(20)22)13(10-19)16(21)18(3,4)5/h6-9,11H,1-5H3/b15-13-. The van der Waals surface area contributed by atoms with Gasteiger partial charge in [0.25, 0.3) is 5.91 Å². The number of rotatable bonds is 2. The highest BCUT2D eigenvalue weighted by atomic mass is 16.2. The van der Waals surface area contributed by atoms with Gasteiger partial charge in [-0.3, -0.25) is 9.59 Å². The molecule has 0 radical (unpaired) electrons. The van der Waals surface area contributed by atoms with Crippen LogP contribution in [0.15, 0.2) is 29.8 Å². The molecule has 0 fully saturated rings. The minimum Gasteiger partial charge on any atom is -0.305 e. The average molecular weight is 296 g/mol. The van der Waals surface area contributed by atoms with Crippen LogP contribution >= 0.6 is 0 Å². The Bertz CT molecular complexity index is 715. The Morgan fingerprint density at radius 1 is 1.23 bits per heavy atom. The van der Waals surface area contributed by atoms with E-state index in [1.165, 1.54) is 0 Å². The van der Waals surface area contributed by atoms with Gasteiger partial charge in [0.05, 0.1) is 11.3 Å². The van der Waals surface area contributed by atoms with Gasteiger partial charge in [-0.2, -0.15) is 5.26 Å². The number of amides is 1. The zero-order chi connectivity index (χ0) is 16.7. The molecule has 1 aromatic rings. The third kappa shape index (κ3) is 2.43. The summed E-state index contributed by atoms with van der Waals surface area (Å²) in [6.07, 6.45) is 0. The molecule has 0 N–H and O–H groups in total. The number of carbonyl (C=O) groups excluding carboxylic acids is 2. The summed E-state index contributed by atoms with van der Waals surface area (Å²) in [7, 11) is 0. The van der Waals surface area contributed by atoms with Crippen LogP contribution in [-0.4, -0.2) is 17.7 Å². The van der Waals surface area contributed by atoms with Gasteiger partial charge in [-0.25, -0.2) is 0 Å². The topological polar surface area (TPSA) is 61.2 Å². The third-order valence-electron chi connectivity index (χ3n) is 3.65. The summed E-state index contributed by atoms with van der Waals surface area (Å²) in [5.74, 6) is -0.580. The predicted molar refractivity (Wildman–Crippen MR) is 86.1 cm³/mol. The van der Waals surface area contributed by atoms with E-state index >= 15 is 0 Å². The van der Waals surface area contributed by atoms with Crippen molar-refractivity contribution in [2.24, 2.45) is 5.41 Å². The Hall–Kier alpha value is -2.41. The highest BCUT2D eigenvalue weighted by Gasteiger charge is 2.39. The molecule has 2 rings (SSSR count). The summed E-state index contributed by atoms with van der Waals surface area (Å²) in [5, 5.41) is 9.49. The molecule has 1 amide bonds. The number of benzene rings is 1. The summed E-state index contributed by atoms with van der Waals surface area (Å²) in [6.45, 7) is 9.07. The van der Waals surface area contributed by atoms with Crippen LogP contribution in [0.1, 0.15) is 40.2 Å². The fourth-order valence-electron chi connectivity index (χ4n) is 2.59. The Kier molecular flexibility index (Phi) is 3.93. The van der Waals surface area contributed by atoms with Crippen LogP contribution in [-0.2, 0) is 9.59 Å². The summed E-state index contributed by atoms with van der Waals surface area (Å²) in [6, 6.07) is 9.21. The highest BCUT2D eigenvalue weighted by Crippen LogP contribution is 2.40. The molecule has 1 aliphatic rings. The number of nitrogens with zero attached hydrogens (tertiary/aromatic N) is 2. The second-order valence-corrected chi connectivity index (χ2v) is 6.73. The number of allylic oxidation sites excluding steroid dienone is 1. The van der Waals surface area contributed by atoms with Crippen molar-refractivity contribution in [1.29, 1.82) is 5.26 Å². The molecule has 1 heterocycles. The van der Waals surface area contributed by atoms with Crippen LogP contribution in [0.4, 0.5) is 5.69 Å². The molecule has 0 atom stereocenters. The second-order valence-electron chi connectivity index (χ2n) is 6.73. The SMILES string of the molecule is CC(C)N1C(=O)/C(=C(/C#N)C(=O)C(C)(C)C)c2ccccc21. The smallest absolute Gasteiger partial charge is 0.260 e. The number of anilines is 1. The molecule has 0 saturated carbocycles. The molecular weight excluding hydrogens is 276 g/mol. The Morgan fingerprint density at radius 3 is 2.32 bits per heavy atom. The summed E-state index contributed by atoms with van der Waals surface area (Å²) in [4.78, 5) is 27.0. The maximum atomic E-state index is 12.8. The Labute approximate surface area is 131 Å². The van der Waals surface area contributed by atoms with Crippen molar-refractivity contribution in [2.45, 2.75) is 40.7 Å². The quantitative estimate of drug-likeness (QED) is 0.621. The van der Waals surface area contributed by atoms with Crippen molar-refractivity contribution >= 4 is 23.0 Å². The second kappa shape index (κ2) is 5.42. The number of carbonyl (C=O) groups is 2. The lowest BCUT2D eigenvalue weighted by atomic mass is 9.84. The average Bonchev–Trinajstić information content (AvgIpc) is 2.72. The van der Waals surface area contributed by atoms with Crippen LogP contribution in [0.5, 0.6) is 0 Å². The van der Waals surface area contributed by atoms with Gasteiger partial charge >= 0.3 is 0 Å². The van der Waals surface area contributed by atoms with Crippen molar-refractivity contribution < 1.29 is 9.59 Å². The summed E-state index contributed by atoms with van der Waals surface area (Å²) in [5.41, 5.74) is 0.889. The molecule has 0 bridgehead atoms. The summed E-state index contributed by atoms with van der Waals surface area (Å²) < 4.78 is 0. The number of para-hydroxylation sites is 1. The molecule has 0 saturated heterocycles. The first-order valence-electron chi connectivity index (χ1n) is 7.32. The van der Waals surface area contributed by atoms with Gasteiger partial charge in [0.2, 0.25) is 0 Å². The minimum atomic E-state index is -0.710. The minimum absolute atomic E-state index is 0.0455. The van der Waals surface area contributed by atoms with E-state index < -0.39 is 5.41 Å². The van der Waals surface area contributed by atoms with Gasteiger partial charge in [-0.1, -0.05) is 39.0 Å². The predicted octanol–water partition coefficient (Wildman–Crippen LogP) is 3.33. The monoisotopic (exact) mass is 296 g/mol. The van der Waals surface area contributed by atoms with Crippen LogP contribution in [0.3, 0.4) is 0 Å². The van der Waals surface area contributed by atoms with Crippen LogP contribution in [0.25, 0.3) is 5.57 Å². The van der Waals surface area contributed by atoms with E-state index in [0.717, 1.165) is 5.69 Å². The molecule has 4 nitrogen and oxygen atoms in total. The van der Waals surface area contributed by atoms with Crippen molar-refractivity contribution in [3.05, 3.63) is 35.4 Å². The largest absolute Gasteiger partial charge is 0.305 e. The van der Waals surface area contributed by atoms with E-state index in [0.29, 0.717) is 5.56 Å². The van der Waals surface area contributed by atoms with Gasteiger partial charge in [-0.15, -0.1) is 0 Å². The molecular formula is C18H20N2O2. The van der Waals surface area contributed by atoms with E-state index in [1.807, 2.05) is 38.1 Å². The first-order chi connectivity index (χ1) is 10.2. The lowest BCUT2D eigenvalue weighted by Gasteiger charge is -2.21. The Balaban J connectivity index is 2.75. The number of fused-ring (bicyclic) bond motifs is 1.